The largest absolute Gasteiger partial charge is 0.228 e. The Balaban J connectivity index is 3.09. The van der Waals surface area contributed by atoms with Crippen molar-refractivity contribution in [2.45, 2.75) is 20.2 Å². The summed E-state index contributed by atoms with van der Waals surface area (Å²) in [6.07, 6.45) is 0. The molecule has 0 bridgehead atoms. The molecule has 1 rings (SSSR count). The SMILES string of the molecule is CC1(Br)C(Br)CS(=O)(=O)C1Br. The Morgan fingerprint density at radius 1 is 1.45 bits per heavy atom. The van der Waals surface area contributed by atoms with E-state index >= 15 is 0 Å². The van der Waals surface area contributed by atoms with Gasteiger partial charge < -0.3 is 0 Å². The average molecular weight is 371 g/mol. The minimum absolute atomic E-state index is 0.0237. The predicted molar refractivity (Wildman–Crippen MR) is 56.5 cm³/mol. The lowest BCUT2D eigenvalue weighted by Gasteiger charge is -2.21. The molecule has 0 spiro atoms. The van der Waals surface area contributed by atoms with E-state index in [2.05, 4.69) is 47.8 Å². The number of hydrogen-bond acceptors (Lipinski definition) is 2. The van der Waals surface area contributed by atoms with Gasteiger partial charge in [0.25, 0.3) is 0 Å². The molecule has 0 saturated carbocycles. The van der Waals surface area contributed by atoms with Crippen LogP contribution in [0.2, 0.25) is 0 Å². The quantitative estimate of drug-likeness (QED) is 0.612. The maximum atomic E-state index is 11.3. The van der Waals surface area contributed by atoms with Gasteiger partial charge in [-0.2, -0.15) is 0 Å². The highest BCUT2D eigenvalue weighted by atomic mass is 79.9. The Morgan fingerprint density at radius 2 is 1.91 bits per heavy atom. The number of rotatable bonds is 0. The third-order valence-electron chi connectivity index (χ3n) is 1.75. The van der Waals surface area contributed by atoms with E-state index < -0.39 is 18.3 Å². The maximum Gasteiger partial charge on any atom is 0.165 e. The fourth-order valence-corrected chi connectivity index (χ4v) is 6.64. The highest BCUT2D eigenvalue weighted by Gasteiger charge is 2.52. The van der Waals surface area contributed by atoms with Crippen molar-refractivity contribution in [1.82, 2.24) is 0 Å². The second kappa shape index (κ2) is 2.96. The van der Waals surface area contributed by atoms with Crippen molar-refractivity contribution in [3.05, 3.63) is 0 Å². The van der Waals surface area contributed by atoms with Crippen LogP contribution in [0.25, 0.3) is 0 Å². The van der Waals surface area contributed by atoms with Gasteiger partial charge in [0.05, 0.1) is 10.1 Å². The molecular weight excluding hydrogens is 364 g/mol. The molecule has 2 nitrogen and oxygen atoms in total. The monoisotopic (exact) mass is 368 g/mol. The molecule has 0 aromatic heterocycles. The molecule has 0 N–H and O–H groups in total. The molecule has 66 valence electrons. The van der Waals surface area contributed by atoms with Crippen LogP contribution in [0.1, 0.15) is 6.92 Å². The minimum atomic E-state index is -2.96. The Morgan fingerprint density at radius 3 is 2.00 bits per heavy atom. The van der Waals surface area contributed by atoms with Gasteiger partial charge in [-0.15, -0.1) is 0 Å². The lowest BCUT2D eigenvalue weighted by atomic mass is 10.2. The van der Waals surface area contributed by atoms with Crippen molar-refractivity contribution in [2.75, 3.05) is 5.75 Å². The van der Waals surface area contributed by atoms with E-state index in [1.165, 1.54) is 0 Å². The summed E-state index contributed by atoms with van der Waals surface area (Å²) in [5, 5.41) is 0. The van der Waals surface area contributed by atoms with Gasteiger partial charge in [-0.3, -0.25) is 0 Å². The number of sulfone groups is 1. The molecule has 0 aromatic carbocycles. The Kier molecular flexibility index (Phi) is 2.82. The summed E-state index contributed by atoms with van der Waals surface area (Å²) in [6.45, 7) is 1.86. The first-order valence-corrected chi connectivity index (χ1v) is 7.31. The molecule has 0 amide bonds. The number of alkyl halides is 3. The molecule has 1 aliphatic heterocycles. The lowest BCUT2D eigenvalue weighted by molar-refractivity contribution is 0.599. The molecule has 1 aliphatic rings. The standard InChI is InChI=1S/C5H7Br3O2S/c1-5(8)3(6)2-11(9,10)4(5)7/h3-4H,2H2,1H3. The van der Waals surface area contributed by atoms with Gasteiger partial charge in [-0.25, -0.2) is 8.42 Å². The second-order valence-electron chi connectivity index (χ2n) is 2.76. The van der Waals surface area contributed by atoms with Crippen LogP contribution in [-0.4, -0.2) is 27.5 Å². The van der Waals surface area contributed by atoms with Crippen LogP contribution in [0.3, 0.4) is 0 Å². The van der Waals surface area contributed by atoms with Crippen LogP contribution in [-0.2, 0) is 9.84 Å². The second-order valence-corrected chi connectivity index (χ2v) is 9.23. The van der Waals surface area contributed by atoms with E-state index in [1.54, 1.807) is 0 Å². The lowest BCUT2D eigenvalue weighted by Crippen LogP contribution is -2.31. The topological polar surface area (TPSA) is 34.1 Å². The van der Waals surface area contributed by atoms with Crippen molar-refractivity contribution in [2.24, 2.45) is 0 Å². The molecule has 3 atom stereocenters. The highest BCUT2D eigenvalue weighted by Crippen LogP contribution is 2.44. The maximum absolute atomic E-state index is 11.3. The minimum Gasteiger partial charge on any atom is -0.228 e. The van der Waals surface area contributed by atoms with Crippen LogP contribution in [0.15, 0.2) is 0 Å². The zero-order valence-corrected chi connectivity index (χ0v) is 11.3. The van der Waals surface area contributed by atoms with Gasteiger partial charge in [0, 0.05) is 4.83 Å². The van der Waals surface area contributed by atoms with Gasteiger partial charge in [-0.05, 0) is 6.92 Å². The van der Waals surface area contributed by atoms with Gasteiger partial charge in [0.2, 0.25) is 0 Å². The molecule has 6 heteroatoms. The van der Waals surface area contributed by atoms with Crippen LogP contribution in [0, 0.1) is 0 Å². The third kappa shape index (κ3) is 1.69. The summed E-state index contributed by atoms with van der Waals surface area (Å²) in [5.74, 6) is 0.185. The normalized spacial score (nSPS) is 49.5. The van der Waals surface area contributed by atoms with E-state index in [9.17, 15) is 8.42 Å². The molecule has 1 saturated heterocycles. The number of hydrogen-bond donors (Lipinski definition) is 0. The Bertz CT molecular complexity index is 259. The van der Waals surface area contributed by atoms with Gasteiger partial charge in [0.15, 0.2) is 9.84 Å². The fraction of sp³-hybridized carbons (Fsp3) is 1.00. The van der Waals surface area contributed by atoms with E-state index in [0.717, 1.165) is 0 Å². The highest BCUT2D eigenvalue weighted by molar-refractivity contribution is 9.15. The van der Waals surface area contributed by atoms with Crippen molar-refractivity contribution in [3.8, 4) is 0 Å². The number of halogens is 3. The van der Waals surface area contributed by atoms with Crippen molar-refractivity contribution in [3.63, 3.8) is 0 Å². The predicted octanol–water partition coefficient (Wildman–Crippen LogP) is 2.05. The zero-order valence-electron chi connectivity index (χ0n) is 5.72. The first-order chi connectivity index (χ1) is 4.78. The van der Waals surface area contributed by atoms with Crippen LogP contribution in [0.5, 0.6) is 0 Å². The zero-order chi connectivity index (χ0) is 8.86. The smallest absolute Gasteiger partial charge is 0.165 e. The van der Waals surface area contributed by atoms with Gasteiger partial charge in [0.1, 0.15) is 4.16 Å². The van der Waals surface area contributed by atoms with E-state index in [4.69, 9.17) is 0 Å². The average Bonchev–Trinajstić information content (AvgIpc) is 1.94. The molecule has 1 heterocycles. The Hall–Kier alpha value is 1.39. The third-order valence-corrected chi connectivity index (χ3v) is 10.6. The fourth-order valence-electron chi connectivity index (χ4n) is 0.945. The van der Waals surface area contributed by atoms with Crippen LogP contribution in [0.4, 0.5) is 0 Å². The van der Waals surface area contributed by atoms with E-state index in [1.807, 2.05) is 6.92 Å². The summed E-state index contributed by atoms with van der Waals surface area (Å²) in [6, 6.07) is 0. The van der Waals surface area contributed by atoms with Crippen LogP contribution < -0.4 is 0 Å². The molecule has 1 fully saturated rings. The van der Waals surface area contributed by atoms with Crippen molar-refractivity contribution < 1.29 is 8.42 Å². The summed E-state index contributed by atoms with van der Waals surface area (Å²) in [7, 11) is -2.96. The molecule has 0 aliphatic carbocycles. The van der Waals surface area contributed by atoms with Crippen LogP contribution >= 0.6 is 47.8 Å². The van der Waals surface area contributed by atoms with Crippen molar-refractivity contribution >= 4 is 57.6 Å². The van der Waals surface area contributed by atoms with Crippen molar-refractivity contribution in [1.29, 1.82) is 0 Å². The van der Waals surface area contributed by atoms with E-state index in [-0.39, 0.29) is 10.6 Å². The van der Waals surface area contributed by atoms with E-state index in [0.29, 0.717) is 0 Å². The molecular formula is C5H7Br3O2S. The molecule has 11 heavy (non-hydrogen) atoms. The summed E-state index contributed by atoms with van der Waals surface area (Å²) < 4.78 is 21.7. The summed E-state index contributed by atoms with van der Waals surface area (Å²) in [5.41, 5.74) is 0. The molecule has 0 radical (unpaired) electrons. The summed E-state index contributed by atoms with van der Waals surface area (Å²) >= 11 is 9.85. The van der Waals surface area contributed by atoms with Gasteiger partial charge in [-0.1, -0.05) is 47.8 Å². The molecule has 3 unspecified atom stereocenters. The molecule has 0 aromatic rings. The Labute approximate surface area is 91.4 Å². The summed E-state index contributed by atoms with van der Waals surface area (Å²) in [4.78, 5) is -0.0237. The first kappa shape index (κ1) is 10.5. The first-order valence-electron chi connectivity index (χ1n) is 2.97. The van der Waals surface area contributed by atoms with Gasteiger partial charge >= 0.3 is 0 Å².